The highest BCUT2D eigenvalue weighted by Gasteiger charge is 2.38. The monoisotopic (exact) mass is 277 g/mol. The van der Waals surface area contributed by atoms with Crippen molar-refractivity contribution in [3.8, 4) is 0 Å². The summed E-state index contributed by atoms with van der Waals surface area (Å²) in [5.74, 6) is -0.0830. The molecule has 0 saturated heterocycles. The zero-order chi connectivity index (χ0) is 14.0. The Kier molecular flexibility index (Phi) is 4.78. The summed E-state index contributed by atoms with van der Waals surface area (Å²) in [6, 6.07) is 0. The predicted molar refractivity (Wildman–Crippen MR) is 69.9 cm³/mol. The number of carbonyl (C=O) groups is 1. The van der Waals surface area contributed by atoms with E-state index in [4.69, 9.17) is 0 Å². The first kappa shape index (κ1) is 15.4. The van der Waals surface area contributed by atoms with Crippen molar-refractivity contribution in [3.63, 3.8) is 0 Å². The van der Waals surface area contributed by atoms with E-state index >= 15 is 0 Å². The van der Waals surface area contributed by atoms with Crippen molar-refractivity contribution < 1.29 is 18.3 Å². The fourth-order valence-corrected chi connectivity index (χ4v) is 2.96. The van der Waals surface area contributed by atoms with E-state index in [0.29, 0.717) is 18.8 Å². The average Bonchev–Trinajstić information content (AvgIpc) is 2.26. The van der Waals surface area contributed by atoms with Gasteiger partial charge in [0.05, 0.1) is 12.1 Å². The highest BCUT2D eigenvalue weighted by molar-refractivity contribution is 7.92. The number of rotatable bonds is 4. The SMILES string of the molecule is CC1CCCC(CO)(NC(=O)C(C)S(C)(=O)=O)C1. The minimum absolute atomic E-state index is 0.139. The van der Waals surface area contributed by atoms with Crippen LogP contribution in [-0.2, 0) is 14.6 Å². The van der Waals surface area contributed by atoms with Crippen LogP contribution in [0.5, 0.6) is 0 Å². The summed E-state index contributed by atoms with van der Waals surface area (Å²) >= 11 is 0. The molecule has 0 radical (unpaired) electrons. The summed E-state index contributed by atoms with van der Waals surface area (Å²) < 4.78 is 22.7. The lowest BCUT2D eigenvalue weighted by Crippen LogP contribution is -2.56. The number of carbonyl (C=O) groups excluding carboxylic acids is 1. The first-order valence-electron chi connectivity index (χ1n) is 6.32. The van der Waals surface area contributed by atoms with E-state index in [1.807, 2.05) is 0 Å². The maximum Gasteiger partial charge on any atom is 0.238 e. The van der Waals surface area contributed by atoms with Crippen LogP contribution in [0.2, 0.25) is 0 Å². The highest BCUT2D eigenvalue weighted by atomic mass is 32.2. The molecule has 0 heterocycles. The number of nitrogens with one attached hydrogen (secondary N) is 1. The van der Waals surface area contributed by atoms with Gasteiger partial charge in [-0.3, -0.25) is 4.79 Å². The summed E-state index contributed by atoms with van der Waals surface area (Å²) in [5, 5.41) is 11.2. The van der Waals surface area contributed by atoms with E-state index in [-0.39, 0.29) is 6.61 Å². The van der Waals surface area contributed by atoms with Gasteiger partial charge in [-0.2, -0.15) is 0 Å². The van der Waals surface area contributed by atoms with Gasteiger partial charge < -0.3 is 10.4 Å². The van der Waals surface area contributed by atoms with Gasteiger partial charge in [-0.05, 0) is 25.7 Å². The zero-order valence-electron chi connectivity index (χ0n) is 11.3. The van der Waals surface area contributed by atoms with Crippen molar-refractivity contribution in [1.82, 2.24) is 5.32 Å². The van der Waals surface area contributed by atoms with Crippen LogP contribution in [0.25, 0.3) is 0 Å². The second-order valence-corrected chi connectivity index (χ2v) is 7.97. The fourth-order valence-electron chi connectivity index (χ4n) is 2.51. The Bertz CT molecular complexity index is 406. The van der Waals surface area contributed by atoms with Crippen molar-refractivity contribution in [2.75, 3.05) is 12.9 Å². The van der Waals surface area contributed by atoms with Gasteiger partial charge in [0.2, 0.25) is 5.91 Å². The second-order valence-electron chi connectivity index (χ2n) is 5.60. The Morgan fingerprint density at radius 3 is 2.61 bits per heavy atom. The van der Waals surface area contributed by atoms with E-state index < -0.39 is 26.5 Å². The van der Waals surface area contributed by atoms with E-state index in [2.05, 4.69) is 12.2 Å². The molecular weight excluding hydrogens is 254 g/mol. The van der Waals surface area contributed by atoms with Crippen LogP contribution in [0.15, 0.2) is 0 Å². The Balaban J connectivity index is 2.77. The van der Waals surface area contributed by atoms with Gasteiger partial charge >= 0.3 is 0 Å². The molecule has 106 valence electrons. The van der Waals surface area contributed by atoms with E-state index in [1.165, 1.54) is 6.92 Å². The summed E-state index contributed by atoms with van der Waals surface area (Å²) in [7, 11) is -3.40. The molecule has 3 atom stereocenters. The predicted octanol–water partition coefficient (Wildman–Crippen LogP) is 0.477. The van der Waals surface area contributed by atoms with Crippen LogP contribution in [0.1, 0.15) is 39.5 Å². The molecule has 0 aromatic rings. The zero-order valence-corrected chi connectivity index (χ0v) is 12.1. The minimum atomic E-state index is -3.40. The van der Waals surface area contributed by atoms with Crippen molar-refractivity contribution >= 4 is 15.7 Å². The van der Waals surface area contributed by atoms with Crippen molar-refractivity contribution in [3.05, 3.63) is 0 Å². The maximum atomic E-state index is 11.9. The maximum absolute atomic E-state index is 11.9. The lowest BCUT2D eigenvalue weighted by molar-refractivity contribution is -0.123. The summed E-state index contributed by atoms with van der Waals surface area (Å²) in [6.45, 7) is 3.32. The number of sulfone groups is 1. The molecule has 5 nitrogen and oxygen atoms in total. The first-order chi connectivity index (χ1) is 8.20. The lowest BCUT2D eigenvalue weighted by atomic mass is 9.77. The Hall–Kier alpha value is -0.620. The molecule has 1 saturated carbocycles. The second kappa shape index (κ2) is 5.57. The molecule has 0 aromatic carbocycles. The number of hydrogen-bond donors (Lipinski definition) is 2. The van der Waals surface area contributed by atoms with Gasteiger partial charge in [-0.1, -0.05) is 19.8 Å². The van der Waals surface area contributed by atoms with Gasteiger partial charge in [-0.25, -0.2) is 8.42 Å². The molecule has 2 N–H and O–H groups in total. The third kappa shape index (κ3) is 3.68. The summed E-state index contributed by atoms with van der Waals surface area (Å²) in [4.78, 5) is 11.9. The van der Waals surface area contributed by atoms with Crippen LogP contribution in [0.4, 0.5) is 0 Å². The topological polar surface area (TPSA) is 83.5 Å². The smallest absolute Gasteiger partial charge is 0.238 e. The fraction of sp³-hybridized carbons (Fsp3) is 0.917. The van der Waals surface area contributed by atoms with Gasteiger partial charge in [0.25, 0.3) is 0 Å². The molecule has 0 bridgehead atoms. The molecule has 0 aromatic heterocycles. The molecule has 3 unspecified atom stereocenters. The van der Waals surface area contributed by atoms with Crippen molar-refractivity contribution in [2.24, 2.45) is 5.92 Å². The Morgan fingerprint density at radius 1 is 1.56 bits per heavy atom. The number of aliphatic hydroxyl groups excluding tert-OH is 1. The minimum Gasteiger partial charge on any atom is -0.394 e. The van der Waals surface area contributed by atoms with Crippen LogP contribution >= 0.6 is 0 Å². The van der Waals surface area contributed by atoms with Crippen LogP contribution < -0.4 is 5.32 Å². The van der Waals surface area contributed by atoms with Crippen LogP contribution in [0.3, 0.4) is 0 Å². The first-order valence-corrected chi connectivity index (χ1v) is 8.27. The molecule has 1 amide bonds. The Labute approximate surface area is 109 Å². The van der Waals surface area contributed by atoms with E-state index in [1.54, 1.807) is 0 Å². The molecule has 18 heavy (non-hydrogen) atoms. The lowest BCUT2D eigenvalue weighted by Gasteiger charge is -2.39. The van der Waals surface area contributed by atoms with Gasteiger partial charge in [-0.15, -0.1) is 0 Å². The normalized spacial score (nSPS) is 30.8. The van der Waals surface area contributed by atoms with Crippen molar-refractivity contribution in [2.45, 2.75) is 50.3 Å². The molecule has 1 fully saturated rings. The van der Waals surface area contributed by atoms with Crippen LogP contribution in [0, 0.1) is 5.92 Å². The standard InChI is InChI=1S/C12H23NO4S/c1-9-5-4-6-12(7-9,8-14)13-11(15)10(2)18(3,16)17/h9-10,14H,4-8H2,1-3H3,(H,13,15). The molecule has 1 aliphatic rings. The number of hydrogen-bond acceptors (Lipinski definition) is 4. The Morgan fingerprint density at radius 2 is 2.17 bits per heavy atom. The highest BCUT2D eigenvalue weighted by Crippen LogP contribution is 2.32. The van der Waals surface area contributed by atoms with Gasteiger partial charge in [0, 0.05) is 6.26 Å². The number of aliphatic hydroxyl groups is 1. The number of amides is 1. The van der Waals surface area contributed by atoms with E-state index in [9.17, 15) is 18.3 Å². The quantitative estimate of drug-likeness (QED) is 0.783. The molecule has 1 aliphatic carbocycles. The molecule has 1 rings (SSSR count). The third-order valence-corrected chi connectivity index (χ3v) is 5.29. The summed E-state index contributed by atoms with van der Waals surface area (Å²) in [6.07, 6.45) is 4.47. The van der Waals surface area contributed by atoms with E-state index in [0.717, 1.165) is 19.1 Å². The van der Waals surface area contributed by atoms with Crippen LogP contribution in [-0.4, -0.2) is 43.1 Å². The summed E-state index contributed by atoms with van der Waals surface area (Å²) in [5.41, 5.74) is -0.645. The van der Waals surface area contributed by atoms with Gasteiger partial charge in [0.1, 0.15) is 5.25 Å². The van der Waals surface area contributed by atoms with Crippen molar-refractivity contribution in [1.29, 1.82) is 0 Å². The molecule has 0 spiro atoms. The largest absolute Gasteiger partial charge is 0.394 e. The average molecular weight is 277 g/mol. The third-order valence-electron chi connectivity index (χ3n) is 3.79. The molecular formula is C12H23NO4S. The molecule has 0 aliphatic heterocycles. The molecule has 6 heteroatoms. The van der Waals surface area contributed by atoms with Gasteiger partial charge in [0.15, 0.2) is 9.84 Å².